The van der Waals surface area contributed by atoms with Crippen molar-refractivity contribution in [2.24, 2.45) is 5.92 Å². The van der Waals surface area contributed by atoms with Crippen molar-refractivity contribution in [1.29, 1.82) is 0 Å². The molecule has 98 valence electrons. The van der Waals surface area contributed by atoms with E-state index in [1.54, 1.807) is 6.92 Å². The number of carboxylic acid groups (broad SMARTS) is 1. The summed E-state index contributed by atoms with van der Waals surface area (Å²) < 4.78 is 13.1. The van der Waals surface area contributed by atoms with Crippen LogP contribution in [0.2, 0.25) is 5.02 Å². The van der Waals surface area contributed by atoms with Crippen LogP contribution in [0.5, 0.6) is 0 Å². The van der Waals surface area contributed by atoms with Crippen LogP contribution in [0.1, 0.15) is 23.7 Å². The second-order valence-corrected chi connectivity index (χ2v) is 4.19. The highest BCUT2D eigenvalue weighted by atomic mass is 35.5. The number of carbonyl (C=O) groups excluding carboxylic acids is 1. The van der Waals surface area contributed by atoms with Crippen LogP contribution in [0, 0.1) is 11.7 Å². The molecular formula is C12H13ClFNO3. The first-order chi connectivity index (χ1) is 8.45. The molecule has 1 atom stereocenters. The first-order valence-electron chi connectivity index (χ1n) is 5.41. The number of halogens is 2. The maximum absolute atomic E-state index is 13.1. The van der Waals surface area contributed by atoms with Crippen molar-refractivity contribution in [1.82, 2.24) is 5.32 Å². The molecule has 0 bridgehead atoms. The van der Waals surface area contributed by atoms with Crippen LogP contribution in [-0.2, 0) is 4.79 Å². The van der Waals surface area contributed by atoms with Crippen LogP contribution in [0.3, 0.4) is 0 Å². The summed E-state index contributed by atoms with van der Waals surface area (Å²) >= 11 is 5.49. The fraction of sp³-hybridized carbons (Fsp3) is 0.333. The van der Waals surface area contributed by atoms with Gasteiger partial charge in [0.05, 0.1) is 10.9 Å². The number of carboxylic acids is 1. The molecule has 1 aromatic carbocycles. The van der Waals surface area contributed by atoms with E-state index in [1.807, 2.05) is 0 Å². The minimum Gasteiger partial charge on any atom is -0.481 e. The van der Waals surface area contributed by atoms with Crippen molar-refractivity contribution < 1.29 is 19.1 Å². The summed E-state index contributed by atoms with van der Waals surface area (Å²) in [6.45, 7) is 1.72. The van der Waals surface area contributed by atoms with E-state index in [4.69, 9.17) is 16.7 Å². The maximum Gasteiger partial charge on any atom is 0.308 e. The molecule has 0 fully saturated rings. The Morgan fingerprint density at radius 3 is 2.67 bits per heavy atom. The van der Waals surface area contributed by atoms with Crippen molar-refractivity contribution in [2.45, 2.75) is 13.3 Å². The Balaban J connectivity index is 2.65. The van der Waals surface area contributed by atoms with Gasteiger partial charge in [-0.2, -0.15) is 0 Å². The van der Waals surface area contributed by atoms with Gasteiger partial charge in [0.15, 0.2) is 0 Å². The summed E-state index contributed by atoms with van der Waals surface area (Å²) in [6, 6.07) is 3.67. The minimum atomic E-state index is -0.972. The summed E-state index contributed by atoms with van der Waals surface area (Å²) in [6.07, 6.45) is 0.407. The van der Waals surface area contributed by atoms with E-state index >= 15 is 0 Å². The lowest BCUT2D eigenvalue weighted by Gasteiger charge is -2.11. The fourth-order valence-corrected chi connectivity index (χ4v) is 1.48. The Labute approximate surface area is 109 Å². The Kier molecular flexibility index (Phi) is 5.09. The number of aliphatic carboxylic acids is 1. The number of amides is 1. The molecule has 0 aliphatic heterocycles. The molecule has 0 aliphatic carbocycles. The van der Waals surface area contributed by atoms with E-state index in [-0.39, 0.29) is 17.1 Å². The highest BCUT2D eigenvalue weighted by Crippen LogP contribution is 2.15. The smallest absolute Gasteiger partial charge is 0.308 e. The Bertz CT molecular complexity index is 465. The molecule has 1 amide bonds. The zero-order valence-electron chi connectivity index (χ0n) is 9.74. The molecule has 0 saturated heterocycles. The lowest BCUT2D eigenvalue weighted by Crippen LogP contribution is -2.32. The zero-order chi connectivity index (χ0) is 13.7. The van der Waals surface area contributed by atoms with Crippen molar-refractivity contribution in [3.63, 3.8) is 0 Å². The van der Waals surface area contributed by atoms with Gasteiger partial charge in [-0.05, 0) is 24.6 Å². The molecule has 18 heavy (non-hydrogen) atoms. The van der Waals surface area contributed by atoms with Crippen LogP contribution in [0.25, 0.3) is 0 Å². The lowest BCUT2D eigenvalue weighted by molar-refractivity contribution is -0.141. The van der Waals surface area contributed by atoms with Gasteiger partial charge in [-0.25, -0.2) is 4.39 Å². The maximum atomic E-state index is 13.1. The molecule has 6 heteroatoms. The molecular weight excluding hydrogens is 261 g/mol. The first-order valence-corrected chi connectivity index (χ1v) is 5.79. The Morgan fingerprint density at radius 1 is 1.50 bits per heavy atom. The summed E-state index contributed by atoms with van der Waals surface area (Å²) in [4.78, 5) is 22.4. The molecule has 4 nitrogen and oxygen atoms in total. The highest BCUT2D eigenvalue weighted by Gasteiger charge is 2.16. The molecule has 0 spiro atoms. The van der Waals surface area contributed by atoms with Crippen LogP contribution in [0.4, 0.5) is 4.39 Å². The predicted molar refractivity (Wildman–Crippen MR) is 65.2 cm³/mol. The average molecular weight is 274 g/mol. The minimum absolute atomic E-state index is 0.00884. The largest absolute Gasteiger partial charge is 0.481 e. The third-order valence-corrected chi connectivity index (χ3v) is 2.84. The Hall–Kier alpha value is -1.62. The molecule has 1 aromatic rings. The van der Waals surface area contributed by atoms with Gasteiger partial charge in [0, 0.05) is 12.1 Å². The van der Waals surface area contributed by atoms with E-state index in [0.717, 1.165) is 6.07 Å². The van der Waals surface area contributed by atoms with E-state index in [0.29, 0.717) is 6.42 Å². The summed E-state index contributed by atoms with van der Waals surface area (Å²) in [7, 11) is 0. The molecule has 0 aromatic heterocycles. The normalized spacial score (nSPS) is 11.9. The standard InChI is InChI=1S/C12H13ClFNO3/c1-2-7(12(17)18)6-15-11(16)8-3-4-9(13)10(14)5-8/h3-5,7H,2,6H2,1H3,(H,15,16)(H,17,18). The summed E-state index contributed by atoms with van der Waals surface area (Å²) in [5, 5.41) is 11.2. The van der Waals surface area contributed by atoms with E-state index in [2.05, 4.69) is 5.32 Å². The quantitative estimate of drug-likeness (QED) is 0.865. The zero-order valence-corrected chi connectivity index (χ0v) is 10.5. The second-order valence-electron chi connectivity index (χ2n) is 3.78. The number of hydrogen-bond donors (Lipinski definition) is 2. The van der Waals surface area contributed by atoms with Crippen molar-refractivity contribution >= 4 is 23.5 Å². The monoisotopic (exact) mass is 273 g/mol. The topological polar surface area (TPSA) is 66.4 Å². The SMILES string of the molecule is CCC(CNC(=O)c1ccc(Cl)c(F)c1)C(=O)O. The van der Waals surface area contributed by atoms with Crippen molar-refractivity contribution in [2.75, 3.05) is 6.54 Å². The number of benzene rings is 1. The van der Waals surface area contributed by atoms with Gasteiger partial charge < -0.3 is 10.4 Å². The van der Waals surface area contributed by atoms with Gasteiger partial charge in [-0.1, -0.05) is 18.5 Å². The number of rotatable bonds is 5. The van der Waals surface area contributed by atoms with E-state index in [1.165, 1.54) is 12.1 Å². The lowest BCUT2D eigenvalue weighted by atomic mass is 10.1. The van der Waals surface area contributed by atoms with Crippen molar-refractivity contribution in [3.8, 4) is 0 Å². The summed E-state index contributed by atoms with van der Waals surface area (Å²) in [5.41, 5.74) is 0.108. The molecule has 1 unspecified atom stereocenters. The van der Waals surface area contributed by atoms with Gasteiger partial charge in [0.2, 0.25) is 0 Å². The third kappa shape index (κ3) is 3.70. The van der Waals surface area contributed by atoms with E-state index < -0.39 is 23.6 Å². The molecule has 2 N–H and O–H groups in total. The van der Waals surface area contributed by atoms with Gasteiger partial charge in [0.25, 0.3) is 5.91 Å². The van der Waals surface area contributed by atoms with Crippen LogP contribution >= 0.6 is 11.6 Å². The highest BCUT2D eigenvalue weighted by molar-refractivity contribution is 6.30. The van der Waals surface area contributed by atoms with Gasteiger partial charge >= 0.3 is 5.97 Å². The van der Waals surface area contributed by atoms with Crippen LogP contribution < -0.4 is 5.32 Å². The second kappa shape index (κ2) is 6.35. The van der Waals surface area contributed by atoms with E-state index in [9.17, 15) is 14.0 Å². The molecule has 0 heterocycles. The third-order valence-electron chi connectivity index (χ3n) is 2.53. The fourth-order valence-electron chi connectivity index (χ4n) is 1.36. The summed E-state index contributed by atoms with van der Waals surface area (Å²) in [5.74, 6) is -2.83. The van der Waals surface area contributed by atoms with Crippen molar-refractivity contribution in [3.05, 3.63) is 34.6 Å². The van der Waals surface area contributed by atoms with Gasteiger partial charge in [0.1, 0.15) is 5.82 Å². The van der Waals surface area contributed by atoms with Crippen LogP contribution in [-0.4, -0.2) is 23.5 Å². The molecule has 0 saturated carbocycles. The average Bonchev–Trinajstić information content (AvgIpc) is 2.32. The number of nitrogens with one attached hydrogen (secondary N) is 1. The molecule has 0 aliphatic rings. The number of hydrogen-bond acceptors (Lipinski definition) is 2. The Morgan fingerprint density at radius 2 is 2.17 bits per heavy atom. The molecule has 0 radical (unpaired) electrons. The van der Waals surface area contributed by atoms with Gasteiger partial charge in [-0.3, -0.25) is 9.59 Å². The molecule has 1 rings (SSSR count). The predicted octanol–water partition coefficient (Wildman–Crippen LogP) is 2.32. The first kappa shape index (κ1) is 14.4. The van der Waals surface area contributed by atoms with Crippen LogP contribution in [0.15, 0.2) is 18.2 Å². The number of carbonyl (C=O) groups is 2. The van der Waals surface area contributed by atoms with Gasteiger partial charge in [-0.15, -0.1) is 0 Å².